The summed E-state index contributed by atoms with van der Waals surface area (Å²) < 4.78 is 5.02. The number of hydrogen-bond donors (Lipinski definition) is 1. The Morgan fingerprint density at radius 1 is 1.25 bits per heavy atom. The van der Waals surface area contributed by atoms with Gasteiger partial charge in [0, 0.05) is 13.0 Å². The molecule has 7 nitrogen and oxygen atoms in total. The second-order valence-corrected chi connectivity index (χ2v) is 7.98. The minimum atomic E-state index is 0.178. The summed E-state index contributed by atoms with van der Waals surface area (Å²) >= 11 is 0. The van der Waals surface area contributed by atoms with Crippen LogP contribution in [-0.4, -0.2) is 63.8 Å². The summed E-state index contributed by atoms with van der Waals surface area (Å²) in [5.41, 5.74) is 4.68. The molecule has 0 atom stereocenters. The third-order valence-electron chi connectivity index (χ3n) is 5.82. The summed E-state index contributed by atoms with van der Waals surface area (Å²) in [5, 5.41) is 11.8. The molecular formula is C21H33N5O2+2. The van der Waals surface area contributed by atoms with E-state index in [1.54, 1.807) is 7.11 Å². The van der Waals surface area contributed by atoms with Crippen molar-refractivity contribution >= 4 is 11.7 Å². The number of hydrogen-bond acceptors (Lipinski definition) is 4. The average Bonchev–Trinajstić information content (AvgIpc) is 3.19. The van der Waals surface area contributed by atoms with Crippen molar-refractivity contribution in [2.45, 2.75) is 39.0 Å². The number of pyridine rings is 1. The van der Waals surface area contributed by atoms with Crippen molar-refractivity contribution in [3.05, 3.63) is 22.4 Å². The second kappa shape index (κ2) is 9.35. The Kier molecular flexibility index (Phi) is 6.87. The van der Waals surface area contributed by atoms with Crippen LogP contribution in [0.15, 0.2) is 0 Å². The number of nitrogens with two attached hydrogens (primary N) is 1. The van der Waals surface area contributed by atoms with Crippen LogP contribution in [0.1, 0.15) is 48.6 Å². The number of nitrogens with zero attached hydrogens (tertiary/aromatic N) is 3. The minimum Gasteiger partial charge on any atom is -0.379 e. The lowest BCUT2D eigenvalue weighted by molar-refractivity contribution is -0.646. The summed E-state index contributed by atoms with van der Waals surface area (Å²) in [4.78, 5) is 20.2. The summed E-state index contributed by atoms with van der Waals surface area (Å²) in [6.45, 7) is 9.24. The first-order valence-electron chi connectivity index (χ1n) is 10.4. The molecule has 1 aromatic rings. The number of quaternary nitrogens is 1. The molecule has 2 aliphatic rings. The van der Waals surface area contributed by atoms with Crippen LogP contribution in [0.2, 0.25) is 0 Å². The zero-order chi connectivity index (χ0) is 20.1. The molecule has 0 radical (unpaired) electrons. The normalized spacial score (nSPS) is 16.4. The molecule has 1 aliphatic carbocycles. The van der Waals surface area contributed by atoms with Crippen LogP contribution in [0.3, 0.4) is 0 Å². The van der Waals surface area contributed by atoms with Gasteiger partial charge in [-0.3, -0.25) is 9.69 Å². The SMILES string of the molecule is COCC[NH2+]CC(=O)N1CCN(c2[nH+]c(C(C)C)c3c(c2C#N)CCC3)CC1. The van der Waals surface area contributed by atoms with Crippen LogP contribution in [-0.2, 0) is 22.4 Å². The fourth-order valence-corrected chi connectivity index (χ4v) is 4.31. The molecule has 1 aliphatic heterocycles. The van der Waals surface area contributed by atoms with E-state index >= 15 is 0 Å². The molecule has 0 bridgehead atoms. The van der Waals surface area contributed by atoms with Gasteiger partial charge in [0.2, 0.25) is 0 Å². The van der Waals surface area contributed by atoms with Crippen LogP contribution < -0.4 is 15.2 Å². The number of methoxy groups -OCH3 is 1. The van der Waals surface area contributed by atoms with E-state index in [2.05, 4.69) is 29.8 Å². The molecule has 0 spiro atoms. The van der Waals surface area contributed by atoms with Crippen molar-refractivity contribution in [1.82, 2.24) is 4.90 Å². The Bertz CT molecular complexity index is 748. The van der Waals surface area contributed by atoms with E-state index in [4.69, 9.17) is 4.74 Å². The third-order valence-corrected chi connectivity index (χ3v) is 5.82. The van der Waals surface area contributed by atoms with Gasteiger partial charge in [-0.2, -0.15) is 5.26 Å². The van der Waals surface area contributed by atoms with Crippen molar-refractivity contribution in [2.75, 3.05) is 57.9 Å². The highest BCUT2D eigenvalue weighted by Gasteiger charge is 2.34. The summed E-state index contributed by atoms with van der Waals surface area (Å²) in [6, 6.07) is 2.46. The predicted octanol–water partition coefficient (Wildman–Crippen LogP) is -0.157. The Balaban J connectivity index is 1.70. The number of aromatic amines is 1. The Morgan fingerprint density at radius 3 is 2.61 bits per heavy atom. The van der Waals surface area contributed by atoms with E-state index in [0.29, 0.717) is 32.2 Å². The number of nitrogens with one attached hydrogen (secondary N) is 1. The molecule has 7 heteroatoms. The average molecular weight is 388 g/mol. The molecular weight excluding hydrogens is 354 g/mol. The smallest absolute Gasteiger partial charge is 0.293 e. The van der Waals surface area contributed by atoms with E-state index < -0.39 is 0 Å². The lowest BCUT2D eigenvalue weighted by Crippen LogP contribution is -2.87. The van der Waals surface area contributed by atoms with Crippen molar-refractivity contribution in [3.8, 4) is 6.07 Å². The largest absolute Gasteiger partial charge is 0.379 e. The lowest BCUT2D eigenvalue weighted by Gasteiger charge is -2.31. The van der Waals surface area contributed by atoms with Crippen molar-refractivity contribution in [3.63, 3.8) is 0 Å². The van der Waals surface area contributed by atoms with Gasteiger partial charge in [-0.25, -0.2) is 4.98 Å². The number of amides is 1. The monoisotopic (exact) mass is 387 g/mol. The fraction of sp³-hybridized carbons (Fsp3) is 0.667. The molecule has 0 unspecified atom stereocenters. The highest BCUT2D eigenvalue weighted by molar-refractivity contribution is 5.77. The molecule has 1 aromatic heterocycles. The van der Waals surface area contributed by atoms with Gasteiger partial charge in [-0.05, 0) is 30.4 Å². The number of H-pyrrole nitrogens is 1. The van der Waals surface area contributed by atoms with Gasteiger partial charge in [0.1, 0.15) is 30.4 Å². The first kappa shape index (κ1) is 20.6. The minimum absolute atomic E-state index is 0.178. The molecule has 0 saturated carbocycles. The standard InChI is InChI=1S/C21H31N5O2/c1-15(2)20-17-6-4-5-16(17)18(13-22)21(24-20)26-10-8-25(9-11-26)19(27)14-23-7-12-28-3/h15,23H,4-12,14H2,1-3H3/p+2. The summed E-state index contributed by atoms with van der Waals surface area (Å²) in [5.74, 6) is 1.53. The predicted molar refractivity (Wildman–Crippen MR) is 106 cm³/mol. The van der Waals surface area contributed by atoms with Gasteiger partial charge in [0.25, 0.3) is 11.7 Å². The number of carbonyl (C=O) groups is 1. The highest BCUT2D eigenvalue weighted by atomic mass is 16.5. The maximum atomic E-state index is 12.4. The lowest BCUT2D eigenvalue weighted by atomic mass is 9.97. The molecule has 0 aromatic carbocycles. The zero-order valence-electron chi connectivity index (χ0n) is 17.4. The van der Waals surface area contributed by atoms with E-state index in [-0.39, 0.29) is 5.91 Å². The molecule has 3 rings (SSSR count). The molecule has 152 valence electrons. The van der Waals surface area contributed by atoms with Crippen molar-refractivity contribution < 1.29 is 19.8 Å². The number of fused-ring (bicyclic) bond motifs is 1. The van der Waals surface area contributed by atoms with Crippen LogP contribution in [0.25, 0.3) is 0 Å². The zero-order valence-corrected chi connectivity index (χ0v) is 17.4. The quantitative estimate of drug-likeness (QED) is 0.659. The summed E-state index contributed by atoms with van der Waals surface area (Å²) in [6.07, 6.45) is 3.19. The Morgan fingerprint density at radius 2 is 1.96 bits per heavy atom. The number of carbonyl (C=O) groups excluding carboxylic acids is 1. The number of aromatic nitrogens is 1. The number of piperazine rings is 1. The van der Waals surface area contributed by atoms with E-state index in [1.165, 1.54) is 16.8 Å². The topological polar surface area (TPSA) is 87.3 Å². The third kappa shape index (κ3) is 4.29. The van der Waals surface area contributed by atoms with Gasteiger partial charge in [-0.1, -0.05) is 13.8 Å². The van der Waals surface area contributed by atoms with Crippen molar-refractivity contribution in [1.29, 1.82) is 5.26 Å². The Labute approximate surface area is 167 Å². The van der Waals surface area contributed by atoms with Gasteiger partial charge < -0.3 is 15.0 Å². The van der Waals surface area contributed by atoms with Crippen LogP contribution >= 0.6 is 0 Å². The van der Waals surface area contributed by atoms with E-state index in [1.807, 2.05) is 10.2 Å². The first-order chi connectivity index (χ1) is 13.6. The highest BCUT2D eigenvalue weighted by Crippen LogP contribution is 2.33. The van der Waals surface area contributed by atoms with Crippen LogP contribution in [0.5, 0.6) is 0 Å². The Hall–Kier alpha value is -2.17. The molecule has 1 amide bonds. The van der Waals surface area contributed by atoms with Crippen LogP contribution in [0, 0.1) is 11.3 Å². The molecule has 1 saturated heterocycles. The summed E-state index contributed by atoms with van der Waals surface area (Å²) in [7, 11) is 1.67. The number of nitriles is 1. The molecule has 3 N–H and O–H groups in total. The van der Waals surface area contributed by atoms with Gasteiger partial charge >= 0.3 is 0 Å². The van der Waals surface area contributed by atoms with Crippen LogP contribution in [0.4, 0.5) is 5.82 Å². The fourth-order valence-electron chi connectivity index (χ4n) is 4.31. The number of anilines is 1. The van der Waals surface area contributed by atoms with Crippen molar-refractivity contribution in [2.24, 2.45) is 0 Å². The number of ether oxygens (including phenoxy) is 1. The van der Waals surface area contributed by atoms with Gasteiger partial charge in [0.15, 0.2) is 6.54 Å². The van der Waals surface area contributed by atoms with Gasteiger partial charge in [0.05, 0.1) is 26.2 Å². The van der Waals surface area contributed by atoms with E-state index in [9.17, 15) is 10.1 Å². The first-order valence-corrected chi connectivity index (χ1v) is 10.4. The molecule has 2 heterocycles. The van der Waals surface area contributed by atoms with E-state index in [0.717, 1.165) is 50.3 Å². The maximum absolute atomic E-state index is 12.4. The van der Waals surface area contributed by atoms with Gasteiger partial charge in [-0.15, -0.1) is 0 Å². The molecule has 1 fully saturated rings. The second-order valence-electron chi connectivity index (χ2n) is 7.98. The number of rotatable bonds is 7. The maximum Gasteiger partial charge on any atom is 0.293 e. The molecule has 28 heavy (non-hydrogen) atoms.